The van der Waals surface area contributed by atoms with Crippen molar-refractivity contribution in [3.05, 3.63) is 105 Å². The van der Waals surface area contributed by atoms with Crippen LogP contribution < -0.4 is 10.3 Å². The molecule has 1 amide bonds. The van der Waals surface area contributed by atoms with Crippen LogP contribution in [0.1, 0.15) is 33.4 Å². The Balaban J connectivity index is 1.84. The smallest absolute Gasteiger partial charge is 0.296 e. The molecule has 5 rings (SSSR count). The lowest BCUT2D eigenvalue weighted by atomic mass is 9.98. The Morgan fingerprint density at radius 2 is 1.79 bits per heavy atom. The van der Waals surface area contributed by atoms with Gasteiger partial charge in [-0.25, -0.2) is 9.37 Å². The monoisotopic (exact) mass is 386 g/mol. The second-order valence-corrected chi connectivity index (χ2v) is 6.94. The zero-order valence-electron chi connectivity index (χ0n) is 15.4. The number of rotatable bonds is 2. The fraction of sp³-hybridized carbons (Fsp3) is 0.0870. The summed E-state index contributed by atoms with van der Waals surface area (Å²) < 4.78 is 19.9. The van der Waals surface area contributed by atoms with E-state index in [-0.39, 0.29) is 16.8 Å². The molecule has 0 saturated carbocycles. The normalized spacial score (nSPS) is 15.7. The summed E-state index contributed by atoms with van der Waals surface area (Å²) in [6, 6.07) is 17.1. The molecule has 0 fully saturated rings. The number of benzene rings is 2. The van der Waals surface area contributed by atoms with E-state index < -0.39 is 17.8 Å². The quantitative estimate of drug-likeness (QED) is 0.513. The standard InChI is InChI=1S/C23H15FN2O3/c1-13-6-4-11-18(25-13)26-20(14-7-5-8-15(24)12-14)19-21(27)16-9-2-3-10-17(16)29-22(19)23(26)28/h2-12,20H,1H3/t20-/m1/s1. The second kappa shape index (κ2) is 6.38. The van der Waals surface area contributed by atoms with E-state index in [1.807, 2.05) is 13.0 Å². The van der Waals surface area contributed by atoms with Crippen LogP contribution in [-0.4, -0.2) is 10.9 Å². The molecule has 1 aliphatic heterocycles. The van der Waals surface area contributed by atoms with Gasteiger partial charge in [0.15, 0.2) is 5.43 Å². The first-order valence-electron chi connectivity index (χ1n) is 9.13. The third kappa shape index (κ3) is 2.64. The number of fused-ring (bicyclic) bond motifs is 2. The highest BCUT2D eigenvalue weighted by atomic mass is 19.1. The molecule has 1 aliphatic rings. The molecule has 2 aromatic carbocycles. The van der Waals surface area contributed by atoms with E-state index in [0.29, 0.717) is 28.0 Å². The lowest BCUT2D eigenvalue weighted by Gasteiger charge is -2.24. The first-order valence-corrected chi connectivity index (χ1v) is 9.13. The molecule has 5 nitrogen and oxygen atoms in total. The number of carbonyl (C=O) groups excluding carboxylic acids is 1. The largest absolute Gasteiger partial charge is 0.450 e. The number of halogens is 1. The zero-order valence-corrected chi connectivity index (χ0v) is 15.4. The highest BCUT2D eigenvalue weighted by Gasteiger charge is 2.44. The van der Waals surface area contributed by atoms with Crippen molar-refractivity contribution in [2.75, 3.05) is 4.90 Å². The van der Waals surface area contributed by atoms with Gasteiger partial charge in [-0.05, 0) is 48.9 Å². The Morgan fingerprint density at radius 1 is 1.00 bits per heavy atom. The minimum Gasteiger partial charge on any atom is -0.450 e. The zero-order chi connectivity index (χ0) is 20.1. The van der Waals surface area contributed by atoms with Gasteiger partial charge in [-0.1, -0.05) is 30.3 Å². The van der Waals surface area contributed by atoms with Crippen LogP contribution in [0.5, 0.6) is 0 Å². The fourth-order valence-electron chi connectivity index (χ4n) is 3.81. The minimum atomic E-state index is -0.830. The van der Waals surface area contributed by atoms with E-state index in [1.54, 1.807) is 48.5 Å². The average Bonchev–Trinajstić information content (AvgIpc) is 3.01. The second-order valence-electron chi connectivity index (χ2n) is 6.94. The van der Waals surface area contributed by atoms with Crippen molar-refractivity contribution in [2.24, 2.45) is 0 Å². The molecule has 0 aliphatic carbocycles. The number of hydrogen-bond acceptors (Lipinski definition) is 4. The summed E-state index contributed by atoms with van der Waals surface area (Å²) in [6.07, 6.45) is 0. The molecule has 4 aromatic rings. The van der Waals surface area contributed by atoms with Gasteiger partial charge in [0.25, 0.3) is 5.91 Å². The summed E-state index contributed by atoms with van der Waals surface area (Å²) in [5.41, 5.74) is 1.42. The molecule has 0 bridgehead atoms. The molecule has 2 aromatic heterocycles. The average molecular weight is 386 g/mol. The highest BCUT2D eigenvalue weighted by Crippen LogP contribution is 2.40. The van der Waals surface area contributed by atoms with Gasteiger partial charge in [-0.2, -0.15) is 0 Å². The number of pyridine rings is 1. The van der Waals surface area contributed by atoms with Crippen LogP contribution in [0.15, 0.2) is 75.9 Å². The maximum absolute atomic E-state index is 14.0. The van der Waals surface area contributed by atoms with Gasteiger partial charge < -0.3 is 4.42 Å². The lowest BCUT2D eigenvalue weighted by molar-refractivity contribution is 0.0970. The van der Waals surface area contributed by atoms with Crippen LogP contribution in [-0.2, 0) is 0 Å². The molecule has 0 saturated heterocycles. The van der Waals surface area contributed by atoms with Gasteiger partial charge in [0.05, 0.1) is 17.0 Å². The third-order valence-electron chi connectivity index (χ3n) is 5.06. The van der Waals surface area contributed by atoms with E-state index in [2.05, 4.69) is 4.98 Å². The molecule has 0 unspecified atom stereocenters. The predicted molar refractivity (Wildman–Crippen MR) is 107 cm³/mol. The number of nitrogens with zero attached hydrogens (tertiary/aromatic N) is 2. The maximum Gasteiger partial charge on any atom is 0.296 e. The Morgan fingerprint density at radius 3 is 2.59 bits per heavy atom. The number of para-hydroxylation sites is 1. The maximum atomic E-state index is 14.0. The van der Waals surface area contributed by atoms with Crippen LogP contribution in [0, 0.1) is 12.7 Å². The van der Waals surface area contributed by atoms with Gasteiger partial charge >= 0.3 is 0 Å². The molecule has 0 N–H and O–H groups in total. The molecular formula is C23H15FN2O3. The van der Waals surface area contributed by atoms with Gasteiger partial charge in [-0.15, -0.1) is 0 Å². The third-order valence-corrected chi connectivity index (χ3v) is 5.06. The van der Waals surface area contributed by atoms with E-state index in [0.717, 1.165) is 0 Å². The molecular weight excluding hydrogens is 371 g/mol. The van der Waals surface area contributed by atoms with Gasteiger partial charge in [0.1, 0.15) is 17.2 Å². The van der Waals surface area contributed by atoms with Crippen molar-refractivity contribution in [1.29, 1.82) is 0 Å². The van der Waals surface area contributed by atoms with E-state index >= 15 is 0 Å². The summed E-state index contributed by atoms with van der Waals surface area (Å²) >= 11 is 0. The topological polar surface area (TPSA) is 63.4 Å². The van der Waals surface area contributed by atoms with Crippen LogP contribution in [0.3, 0.4) is 0 Å². The minimum absolute atomic E-state index is 0.0359. The summed E-state index contributed by atoms with van der Waals surface area (Å²) in [6.45, 7) is 1.81. The van der Waals surface area contributed by atoms with Crippen molar-refractivity contribution in [3.8, 4) is 0 Å². The number of carbonyl (C=O) groups is 1. The van der Waals surface area contributed by atoms with Crippen LogP contribution >= 0.6 is 0 Å². The van der Waals surface area contributed by atoms with Gasteiger partial charge in [-0.3, -0.25) is 14.5 Å². The Labute approximate surface area is 165 Å². The highest BCUT2D eigenvalue weighted by molar-refractivity contribution is 6.10. The lowest BCUT2D eigenvalue weighted by Crippen LogP contribution is -2.30. The Kier molecular flexibility index (Phi) is 3.81. The molecule has 3 heterocycles. The number of aryl methyl sites for hydroxylation is 1. The van der Waals surface area contributed by atoms with Crippen LogP contribution in [0.25, 0.3) is 11.0 Å². The fourth-order valence-corrected chi connectivity index (χ4v) is 3.81. The van der Waals surface area contributed by atoms with E-state index in [9.17, 15) is 14.0 Å². The molecule has 29 heavy (non-hydrogen) atoms. The van der Waals surface area contributed by atoms with Crippen molar-refractivity contribution in [3.63, 3.8) is 0 Å². The predicted octanol–water partition coefficient (Wildman–Crippen LogP) is 4.39. The molecule has 142 valence electrons. The van der Waals surface area contributed by atoms with Crippen LogP contribution in [0.4, 0.5) is 10.2 Å². The molecule has 0 spiro atoms. The van der Waals surface area contributed by atoms with E-state index in [1.165, 1.54) is 17.0 Å². The van der Waals surface area contributed by atoms with E-state index in [4.69, 9.17) is 4.42 Å². The number of hydrogen-bond donors (Lipinski definition) is 0. The molecule has 0 radical (unpaired) electrons. The van der Waals surface area contributed by atoms with Crippen molar-refractivity contribution >= 4 is 22.7 Å². The molecule has 6 heteroatoms. The SMILES string of the molecule is Cc1cccc(N2C(=O)c3oc4ccccc4c(=O)c3[C@H]2c2cccc(F)c2)n1. The number of aromatic nitrogens is 1. The summed E-state index contributed by atoms with van der Waals surface area (Å²) in [4.78, 5) is 32.5. The summed E-state index contributed by atoms with van der Waals surface area (Å²) in [5, 5.41) is 0.375. The van der Waals surface area contributed by atoms with Crippen molar-refractivity contribution < 1.29 is 13.6 Å². The van der Waals surface area contributed by atoms with Gasteiger partial charge in [0, 0.05) is 5.69 Å². The first-order chi connectivity index (χ1) is 14.0. The van der Waals surface area contributed by atoms with Crippen molar-refractivity contribution in [1.82, 2.24) is 4.98 Å². The summed E-state index contributed by atoms with van der Waals surface area (Å²) in [5.74, 6) is -0.591. The number of anilines is 1. The summed E-state index contributed by atoms with van der Waals surface area (Å²) in [7, 11) is 0. The first kappa shape index (κ1) is 17.3. The Bertz CT molecular complexity index is 1350. The van der Waals surface area contributed by atoms with Gasteiger partial charge in [0.2, 0.25) is 5.76 Å². The van der Waals surface area contributed by atoms with Crippen LogP contribution in [0.2, 0.25) is 0 Å². The number of amides is 1. The molecule has 1 atom stereocenters. The van der Waals surface area contributed by atoms with Crippen molar-refractivity contribution in [2.45, 2.75) is 13.0 Å². The Hall–Kier alpha value is -3.80.